The first-order valence-electron chi connectivity index (χ1n) is 11.7. The Morgan fingerprint density at radius 3 is 2.64 bits per heavy atom. The number of benzene rings is 2. The lowest BCUT2D eigenvalue weighted by atomic mass is 9.92. The molecule has 2 aliphatic rings. The lowest BCUT2D eigenvalue weighted by molar-refractivity contribution is -0.114. The highest BCUT2D eigenvalue weighted by Crippen LogP contribution is 2.39. The summed E-state index contributed by atoms with van der Waals surface area (Å²) in [7, 11) is 1.66. The second-order valence-electron chi connectivity index (χ2n) is 9.28. The van der Waals surface area contributed by atoms with Gasteiger partial charge in [-0.25, -0.2) is 0 Å². The molecule has 1 amide bonds. The zero-order valence-corrected chi connectivity index (χ0v) is 20.5. The van der Waals surface area contributed by atoms with Gasteiger partial charge in [0.2, 0.25) is 0 Å². The predicted molar refractivity (Wildman–Crippen MR) is 134 cm³/mol. The molecule has 4 rings (SSSR count). The molecule has 5 nitrogen and oxygen atoms in total. The summed E-state index contributed by atoms with van der Waals surface area (Å²) in [6.07, 6.45) is 5.44. The molecular weight excluding hydrogens is 436 g/mol. The number of anilines is 1. The van der Waals surface area contributed by atoms with Gasteiger partial charge in [-0.05, 0) is 54.0 Å². The van der Waals surface area contributed by atoms with E-state index < -0.39 is 0 Å². The second-order valence-corrected chi connectivity index (χ2v) is 9.69. The third-order valence-corrected chi connectivity index (χ3v) is 6.79. The van der Waals surface area contributed by atoms with Gasteiger partial charge in [0.15, 0.2) is 11.5 Å². The summed E-state index contributed by atoms with van der Waals surface area (Å²) in [5.41, 5.74) is 2.81. The number of piperidine rings is 1. The smallest absolute Gasteiger partial charge is 0.251 e. The number of fused-ring (bicyclic) bond motifs is 1. The lowest BCUT2D eigenvalue weighted by Gasteiger charge is -2.34. The van der Waals surface area contributed by atoms with E-state index in [4.69, 9.17) is 21.1 Å². The van der Waals surface area contributed by atoms with E-state index in [1.165, 1.54) is 6.42 Å². The number of ether oxygens (including phenoxy) is 2. The van der Waals surface area contributed by atoms with Crippen LogP contribution in [0.5, 0.6) is 11.5 Å². The monoisotopic (exact) mass is 468 g/mol. The van der Waals surface area contributed by atoms with Crippen LogP contribution in [0, 0.1) is 11.8 Å². The summed E-state index contributed by atoms with van der Waals surface area (Å²) in [5.74, 6) is 2.78. The van der Waals surface area contributed by atoms with Crippen molar-refractivity contribution < 1.29 is 14.3 Å². The average Bonchev–Trinajstić information content (AvgIpc) is 3.20. The topological polar surface area (TPSA) is 42.0 Å². The molecule has 1 saturated heterocycles. The first-order chi connectivity index (χ1) is 15.9. The molecule has 0 radical (unpaired) electrons. The van der Waals surface area contributed by atoms with Crippen molar-refractivity contribution in [3.8, 4) is 11.5 Å². The van der Waals surface area contributed by atoms with E-state index in [-0.39, 0.29) is 5.91 Å². The van der Waals surface area contributed by atoms with E-state index in [1.807, 2.05) is 36.4 Å². The Morgan fingerprint density at radius 1 is 1.15 bits per heavy atom. The van der Waals surface area contributed by atoms with Crippen LogP contribution in [0.15, 0.2) is 42.5 Å². The second kappa shape index (κ2) is 10.6. The van der Waals surface area contributed by atoms with E-state index in [9.17, 15) is 4.79 Å². The molecule has 33 heavy (non-hydrogen) atoms. The number of rotatable bonds is 7. The van der Waals surface area contributed by atoms with Crippen LogP contribution in [-0.4, -0.2) is 50.7 Å². The molecule has 0 N–H and O–H groups in total. The van der Waals surface area contributed by atoms with Crippen molar-refractivity contribution in [2.75, 3.05) is 44.8 Å². The Kier molecular flexibility index (Phi) is 7.61. The molecule has 2 aromatic rings. The molecular formula is C27H33ClN2O3. The molecule has 176 valence electrons. The maximum absolute atomic E-state index is 13.0. The molecule has 2 aliphatic heterocycles. The number of methoxy groups -OCH3 is 1. The van der Waals surface area contributed by atoms with Crippen molar-refractivity contribution in [1.82, 2.24) is 4.90 Å². The minimum Gasteiger partial charge on any atom is -0.493 e. The van der Waals surface area contributed by atoms with Gasteiger partial charge in [-0.2, -0.15) is 0 Å². The van der Waals surface area contributed by atoms with E-state index in [0.29, 0.717) is 23.9 Å². The van der Waals surface area contributed by atoms with Gasteiger partial charge in [0, 0.05) is 43.3 Å². The Labute approximate surface area is 201 Å². The van der Waals surface area contributed by atoms with Crippen molar-refractivity contribution in [3.05, 3.63) is 58.6 Å². The SMILES string of the molecule is COc1cc2c(cc1OCCN1CC(C)CC(C)C1)N(C(=O)/C=C/c1ccccc1Cl)CC2. The Balaban J connectivity index is 1.44. The fourth-order valence-electron chi connectivity index (χ4n) is 5.02. The van der Waals surface area contributed by atoms with Crippen LogP contribution < -0.4 is 14.4 Å². The van der Waals surface area contributed by atoms with Crippen LogP contribution in [0.4, 0.5) is 5.69 Å². The molecule has 6 heteroatoms. The number of likely N-dealkylation sites (tertiary alicyclic amines) is 1. The summed E-state index contributed by atoms with van der Waals surface area (Å²) in [6, 6.07) is 11.4. The summed E-state index contributed by atoms with van der Waals surface area (Å²) >= 11 is 6.21. The van der Waals surface area contributed by atoms with Crippen molar-refractivity contribution in [1.29, 1.82) is 0 Å². The molecule has 0 aliphatic carbocycles. The summed E-state index contributed by atoms with van der Waals surface area (Å²) in [5, 5.41) is 0.626. The van der Waals surface area contributed by atoms with Gasteiger partial charge in [0.25, 0.3) is 5.91 Å². The molecule has 1 fully saturated rings. The number of carbonyl (C=O) groups is 1. The number of halogens is 1. The summed E-state index contributed by atoms with van der Waals surface area (Å²) in [4.78, 5) is 17.2. The predicted octanol–water partition coefficient (Wildman–Crippen LogP) is 5.31. The normalized spacial score (nSPS) is 20.8. The minimum absolute atomic E-state index is 0.0684. The molecule has 2 unspecified atom stereocenters. The molecule has 2 heterocycles. The highest BCUT2D eigenvalue weighted by Gasteiger charge is 2.26. The van der Waals surface area contributed by atoms with Crippen LogP contribution in [0.3, 0.4) is 0 Å². The van der Waals surface area contributed by atoms with Crippen molar-refractivity contribution in [2.45, 2.75) is 26.7 Å². The van der Waals surface area contributed by atoms with Crippen LogP contribution in [0.25, 0.3) is 6.08 Å². The largest absolute Gasteiger partial charge is 0.493 e. The number of amides is 1. The maximum atomic E-state index is 13.0. The van der Waals surface area contributed by atoms with Gasteiger partial charge < -0.3 is 14.4 Å². The molecule has 0 spiro atoms. The average molecular weight is 469 g/mol. The highest BCUT2D eigenvalue weighted by atomic mass is 35.5. The maximum Gasteiger partial charge on any atom is 0.251 e. The Bertz CT molecular complexity index is 1010. The number of nitrogens with zero attached hydrogens (tertiary/aromatic N) is 2. The number of hydrogen-bond donors (Lipinski definition) is 0. The standard InChI is InChI=1S/C27H33ClN2O3/c1-19-14-20(2)18-29(17-19)12-13-33-26-16-24-22(15-25(26)32-3)10-11-30(24)27(31)9-8-21-6-4-5-7-23(21)28/h4-9,15-16,19-20H,10-14,17-18H2,1-3H3/b9-8+. The zero-order valence-electron chi connectivity index (χ0n) is 19.7. The van der Waals surface area contributed by atoms with Gasteiger partial charge in [0.1, 0.15) is 6.61 Å². The van der Waals surface area contributed by atoms with Crippen LogP contribution in [-0.2, 0) is 11.2 Å². The van der Waals surface area contributed by atoms with Crippen molar-refractivity contribution in [3.63, 3.8) is 0 Å². The fraction of sp³-hybridized carbons (Fsp3) is 0.444. The quantitative estimate of drug-likeness (QED) is 0.516. The van der Waals surface area contributed by atoms with E-state index in [1.54, 1.807) is 24.2 Å². The zero-order chi connectivity index (χ0) is 23.4. The van der Waals surface area contributed by atoms with Gasteiger partial charge in [0.05, 0.1) is 12.8 Å². The highest BCUT2D eigenvalue weighted by molar-refractivity contribution is 6.32. The fourth-order valence-corrected chi connectivity index (χ4v) is 5.22. The van der Waals surface area contributed by atoms with E-state index in [0.717, 1.165) is 60.5 Å². The van der Waals surface area contributed by atoms with Gasteiger partial charge in [-0.1, -0.05) is 43.6 Å². The number of carbonyl (C=O) groups excluding carboxylic acids is 1. The van der Waals surface area contributed by atoms with Gasteiger partial charge in [-0.15, -0.1) is 0 Å². The van der Waals surface area contributed by atoms with Crippen LogP contribution in [0.2, 0.25) is 5.02 Å². The first-order valence-corrected chi connectivity index (χ1v) is 12.1. The van der Waals surface area contributed by atoms with Crippen molar-refractivity contribution in [2.24, 2.45) is 11.8 Å². The van der Waals surface area contributed by atoms with E-state index in [2.05, 4.69) is 18.7 Å². The Hall–Kier alpha value is -2.50. The van der Waals surface area contributed by atoms with Crippen LogP contribution >= 0.6 is 11.6 Å². The minimum atomic E-state index is -0.0684. The third-order valence-electron chi connectivity index (χ3n) is 6.45. The summed E-state index contributed by atoms with van der Waals surface area (Å²) in [6.45, 7) is 8.99. The van der Waals surface area contributed by atoms with Crippen molar-refractivity contribution >= 4 is 29.3 Å². The molecule has 2 aromatic carbocycles. The number of hydrogen-bond acceptors (Lipinski definition) is 4. The summed E-state index contributed by atoms with van der Waals surface area (Å²) < 4.78 is 11.8. The first kappa shape index (κ1) is 23.7. The molecule has 2 atom stereocenters. The lowest BCUT2D eigenvalue weighted by Crippen LogP contribution is -2.40. The van der Waals surface area contributed by atoms with Gasteiger partial charge >= 0.3 is 0 Å². The van der Waals surface area contributed by atoms with E-state index >= 15 is 0 Å². The van der Waals surface area contributed by atoms with Crippen LogP contribution in [0.1, 0.15) is 31.4 Å². The molecule has 0 aromatic heterocycles. The third kappa shape index (κ3) is 5.71. The molecule has 0 saturated carbocycles. The van der Waals surface area contributed by atoms with Gasteiger partial charge in [-0.3, -0.25) is 9.69 Å². The Morgan fingerprint density at radius 2 is 1.91 bits per heavy atom. The molecule has 0 bridgehead atoms.